The minimum absolute atomic E-state index is 0.0718. The van der Waals surface area contributed by atoms with Crippen molar-refractivity contribution < 1.29 is 35.8 Å². The molecule has 4 heteroatoms. The van der Waals surface area contributed by atoms with Gasteiger partial charge in [-0.3, -0.25) is 0 Å². The van der Waals surface area contributed by atoms with E-state index < -0.39 is 0 Å². The van der Waals surface area contributed by atoms with E-state index in [-0.39, 0.29) is 17.2 Å². The van der Waals surface area contributed by atoms with E-state index in [9.17, 15) is 15.3 Å². The molecular weight excluding hydrogens is 612 g/mol. The Balaban J connectivity index is 0.000000320. The van der Waals surface area contributed by atoms with E-state index >= 15 is 0 Å². The minimum Gasteiger partial charge on any atom is -0.872 e. The van der Waals surface area contributed by atoms with E-state index in [1.807, 2.05) is 18.2 Å². The third-order valence-corrected chi connectivity index (χ3v) is 6.53. The molecule has 5 aromatic carbocycles. The second-order valence-electron chi connectivity index (χ2n) is 10.6. The molecule has 5 rings (SSSR count). The van der Waals surface area contributed by atoms with Crippen LogP contribution in [0.3, 0.4) is 0 Å². The Morgan fingerprint density at radius 3 is 0.957 bits per heavy atom. The first-order valence-electron chi connectivity index (χ1n) is 15.2. The maximum absolute atomic E-state index is 10.3. The minimum atomic E-state index is 0.0718. The average molecular weight is 657 g/mol. The smallest absolute Gasteiger partial charge is 0.0256 e. The molecule has 0 saturated heterocycles. The largest absolute Gasteiger partial charge is 0.872 e. The summed E-state index contributed by atoms with van der Waals surface area (Å²) >= 11 is 2.05. The third kappa shape index (κ3) is 23.2. The van der Waals surface area contributed by atoms with Crippen LogP contribution in [0.15, 0.2) is 173 Å². The predicted molar refractivity (Wildman–Crippen MR) is 191 cm³/mol. The van der Waals surface area contributed by atoms with Gasteiger partial charge in [0, 0.05) is 0 Å². The standard InChI is InChI=1S/C18H18.C7H11.3C6H6O.Ti/c1-15-7-11-17(12-8-15)5-3-4-6-18-13-9-16(2)10-14-18;1-6(2)5-7(3)4;3*7-6-4-2-1-3-5-6;/h3-14H,1-2H3;1,5H,2-4H3;3*1-5,7H;/q;;;;;+3/p-3. The summed E-state index contributed by atoms with van der Waals surface area (Å²) in [6.45, 7) is 10.5. The van der Waals surface area contributed by atoms with Crippen LogP contribution in [0.25, 0.3) is 12.2 Å². The summed E-state index contributed by atoms with van der Waals surface area (Å²) in [7, 11) is 0. The zero-order valence-corrected chi connectivity index (χ0v) is 29.5. The van der Waals surface area contributed by atoms with E-state index in [4.69, 9.17) is 0 Å². The molecule has 0 amide bonds. The fraction of sp³-hybridized carbons (Fsp3) is 0.116. The van der Waals surface area contributed by atoms with Gasteiger partial charge in [0.2, 0.25) is 0 Å². The fourth-order valence-corrected chi connectivity index (χ4v) is 3.58. The van der Waals surface area contributed by atoms with Gasteiger partial charge in [0.15, 0.2) is 0 Å². The number of hydrogen-bond donors (Lipinski definition) is 0. The number of hydrogen-bond acceptors (Lipinski definition) is 3. The Bertz CT molecular complexity index is 1460. The molecule has 0 atom stereocenters. The molecule has 0 bridgehead atoms. The van der Waals surface area contributed by atoms with Crippen molar-refractivity contribution in [1.82, 2.24) is 0 Å². The Hall–Kier alpha value is -4.83. The molecule has 238 valence electrons. The summed E-state index contributed by atoms with van der Waals surface area (Å²) in [6.07, 6.45) is 10.5. The molecule has 0 aliphatic carbocycles. The van der Waals surface area contributed by atoms with E-state index in [0.29, 0.717) is 0 Å². The van der Waals surface area contributed by atoms with Crippen LogP contribution in [-0.4, -0.2) is 0 Å². The van der Waals surface area contributed by atoms with Crippen LogP contribution >= 0.6 is 0 Å². The van der Waals surface area contributed by atoms with Crippen LogP contribution in [0.4, 0.5) is 0 Å². The Morgan fingerprint density at radius 1 is 0.468 bits per heavy atom. The summed E-state index contributed by atoms with van der Waals surface area (Å²) in [4.78, 5) is 0. The summed E-state index contributed by atoms with van der Waals surface area (Å²) in [5, 5.41) is 30.8. The van der Waals surface area contributed by atoms with Crippen molar-refractivity contribution >= 4 is 12.2 Å². The van der Waals surface area contributed by atoms with Gasteiger partial charge in [-0.2, -0.15) is 0 Å². The van der Waals surface area contributed by atoms with Gasteiger partial charge >= 0.3 is 62.8 Å². The van der Waals surface area contributed by atoms with Gasteiger partial charge in [-0.05, 0) is 25.0 Å². The second kappa shape index (κ2) is 25.4. The van der Waals surface area contributed by atoms with Crippen LogP contribution < -0.4 is 15.3 Å². The van der Waals surface area contributed by atoms with Crippen LogP contribution in [-0.2, 0) is 20.4 Å². The van der Waals surface area contributed by atoms with Crippen molar-refractivity contribution in [3.05, 3.63) is 196 Å². The number of rotatable bonds is 4. The molecule has 0 aliphatic heterocycles. The maximum atomic E-state index is 10.3. The van der Waals surface area contributed by atoms with Crippen LogP contribution in [0.1, 0.15) is 43.0 Å². The normalized spacial score (nSPS) is 10.1. The molecule has 0 spiro atoms. The molecule has 0 N–H and O–H groups in total. The summed E-state index contributed by atoms with van der Waals surface area (Å²) in [6, 6.07) is 42.0. The number of benzene rings is 5. The van der Waals surface area contributed by atoms with Gasteiger partial charge in [-0.15, -0.1) is 17.2 Å². The van der Waals surface area contributed by atoms with E-state index in [2.05, 4.69) is 138 Å². The van der Waals surface area contributed by atoms with Crippen molar-refractivity contribution in [3.8, 4) is 17.2 Å². The van der Waals surface area contributed by atoms with Crippen molar-refractivity contribution in [2.24, 2.45) is 0 Å². The predicted octanol–water partition coefficient (Wildman–Crippen LogP) is 9.71. The Labute approximate surface area is 294 Å². The maximum Gasteiger partial charge on any atom is -0.0256 e. The molecule has 0 unspecified atom stereocenters. The van der Waals surface area contributed by atoms with Crippen LogP contribution in [0.2, 0.25) is 0 Å². The average Bonchev–Trinajstić information content (AvgIpc) is 3.07. The first-order chi connectivity index (χ1) is 22.6. The molecule has 0 saturated carbocycles. The molecule has 0 heterocycles. The van der Waals surface area contributed by atoms with Crippen LogP contribution in [0, 0.1) is 13.8 Å². The number of allylic oxidation sites excluding steroid dienone is 5. The molecule has 0 fully saturated rings. The van der Waals surface area contributed by atoms with Crippen molar-refractivity contribution in [2.75, 3.05) is 0 Å². The quantitative estimate of drug-likeness (QED) is 0.143. The molecule has 47 heavy (non-hydrogen) atoms. The van der Waals surface area contributed by atoms with E-state index in [1.165, 1.54) is 69.8 Å². The summed E-state index contributed by atoms with van der Waals surface area (Å²) < 4.78 is 2.10. The van der Waals surface area contributed by atoms with E-state index in [1.54, 1.807) is 36.4 Å². The molecule has 0 aliphatic rings. The van der Waals surface area contributed by atoms with Crippen molar-refractivity contribution in [3.63, 3.8) is 0 Å². The van der Waals surface area contributed by atoms with Gasteiger partial charge in [0.1, 0.15) is 0 Å². The topological polar surface area (TPSA) is 69.2 Å². The zero-order valence-electron chi connectivity index (χ0n) is 28.0. The Kier molecular flexibility index (Phi) is 21.7. The molecular formula is C43H44O3Ti. The first-order valence-corrected chi connectivity index (χ1v) is 16.1. The molecule has 0 radical (unpaired) electrons. The van der Waals surface area contributed by atoms with Gasteiger partial charge < -0.3 is 15.3 Å². The fourth-order valence-electron chi connectivity index (χ4n) is 3.45. The monoisotopic (exact) mass is 656 g/mol. The van der Waals surface area contributed by atoms with Gasteiger partial charge in [-0.1, -0.05) is 175 Å². The molecule has 0 aromatic heterocycles. The number of para-hydroxylation sites is 3. The van der Waals surface area contributed by atoms with Gasteiger partial charge in [-0.25, -0.2) is 0 Å². The zero-order chi connectivity index (χ0) is 34.7. The van der Waals surface area contributed by atoms with Gasteiger partial charge in [0.25, 0.3) is 0 Å². The molecule has 3 nitrogen and oxygen atoms in total. The SMILES string of the molecule is CC(C)=CC(C)=[CH][Ti+3].Cc1ccc(C=CC=Cc2ccc(C)cc2)cc1.[O-]c1ccccc1.[O-]c1ccccc1.[O-]c1ccccc1. The molecule has 5 aromatic rings. The van der Waals surface area contributed by atoms with Gasteiger partial charge in [0.05, 0.1) is 0 Å². The Morgan fingerprint density at radius 2 is 0.766 bits per heavy atom. The van der Waals surface area contributed by atoms with Crippen molar-refractivity contribution in [1.29, 1.82) is 0 Å². The summed E-state index contributed by atoms with van der Waals surface area (Å²) in [5.41, 5.74) is 7.75. The van der Waals surface area contributed by atoms with Crippen LogP contribution in [0.5, 0.6) is 17.2 Å². The van der Waals surface area contributed by atoms with E-state index in [0.717, 1.165) is 0 Å². The second-order valence-corrected chi connectivity index (χ2v) is 11.0. The first kappa shape index (κ1) is 40.2. The third-order valence-electron chi connectivity index (χ3n) is 5.82. The summed E-state index contributed by atoms with van der Waals surface area (Å²) in [5.74, 6) is 0.215. The van der Waals surface area contributed by atoms with Crippen molar-refractivity contribution in [2.45, 2.75) is 34.6 Å². The number of aryl methyl sites for hydroxylation is 2.